The maximum atomic E-state index is 12.4. The van der Waals surface area contributed by atoms with Crippen molar-refractivity contribution in [2.75, 3.05) is 11.2 Å². The number of hydrogen-bond acceptors (Lipinski definition) is 7. The third kappa shape index (κ3) is 3.65. The van der Waals surface area contributed by atoms with E-state index in [0.29, 0.717) is 16.8 Å². The van der Waals surface area contributed by atoms with Crippen molar-refractivity contribution >= 4 is 35.0 Å². The lowest BCUT2D eigenvalue weighted by atomic mass is 10.4. The smallest absolute Gasteiger partial charge is 0.271 e. The minimum absolute atomic E-state index is 0.229. The molecule has 3 heterocycles. The van der Waals surface area contributed by atoms with Crippen LogP contribution in [-0.2, 0) is 4.79 Å². The van der Waals surface area contributed by atoms with Crippen molar-refractivity contribution < 1.29 is 4.79 Å². The summed E-state index contributed by atoms with van der Waals surface area (Å²) in [6.07, 6.45) is 1.55. The Bertz CT molecular complexity index is 953. The van der Waals surface area contributed by atoms with Gasteiger partial charge in [-0.3, -0.25) is 4.79 Å². The first-order valence-electron chi connectivity index (χ1n) is 7.69. The van der Waals surface area contributed by atoms with Crippen LogP contribution in [0.15, 0.2) is 29.6 Å². The van der Waals surface area contributed by atoms with Crippen molar-refractivity contribution in [3.8, 4) is 5.95 Å². The van der Waals surface area contributed by atoms with E-state index >= 15 is 0 Å². The van der Waals surface area contributed by atoms with Crippen LogP contribution < -0.4 is 11.2 Å². The normalized spacial score (nSPS) is 12.2. The number of anilines is 1. The lowest BCUT2D eigenvalue weighted by Crippen LogP contribution is -2.24. The molecule has 0 saturated carbocycles. The second kappa shape index (κ2) is 7.34. The fourth-order valence-electron chi connectivity index (χ4n) is 2.25. The molecule has 0 bridgehead atoms. The predicted molar refractivity (Wildman–Crippen MR) is 100.0 cm³/mol. The zero-order chi connectivity index (χ0) is 18.8. The Balaban J connectivity index is 1.74. The van der Waals surface area contributed by atoms with Gasteiger partial charge in [-0.25, -0.2) is 14.3 Å². The van der Waals surface area contributed by atoms with Crippen molar-refractivity contribution in [1.29, 1.82) is 0 Å². The summed E-state index contributed by atoms with van der Waals surface area (Å²) in [4.78, 5) is 16.3. The maximum absolute atomic E-state index is 12.4. The van der Waals surface area contributed by atoms with Crippen LogP contribution in [-0.4, -0.2) is 40.8 Å². The minimum Gasteiger partial charge on any atom is -0.334 e. The highest BCUT2D eigenvalue weighted by Crippen LogP contribution is 2.24. The second-order valence-corrected chi connectivity index (χ2v) is 7.25. The van der Waals surface area contributed by atoms with Gasteiger partial charge in [0, 0.05) is 11.9 Å². The van der Waals surface area contributed by atoms with Crippen molar-refractivity contribution in [3.63, 3.8) is 0 Å². The molecule has 0 spiro atoms. The summed E-state index contributed by atoms with van der Waals surface area (Å²) in [6.45, 7) is 5.52. The predicted octanol–water partition coefficient (Wildman–Crippen LogP) is 1.96. The number of carbonyl (C=O) groups excluding carboxylic acids is 1. The third-order valence-electron chi connectivity index (χ3n) is 3.51. The van der Waals surface area contributed by atoms with Gasteiger partial charge in [0.05, 0.1) is 16.6 Å². The summed E-state index contributed by atoms with van der Waals surface area (Å²) in [5, 5.41) is 15.3. The van der Waals surface area contributed by atoms with Gasteiger partial charge in [0.15, 0.2) is 5.15 Å². The largest absolute Gasteiger partial charge is 0.334 e. The molecular weight excluding hydrogens is 376 g/mol. The van der Waals surface area contributed by atoms with Crippen LogP contribution in [0.25, 0.3) is 5.95 Å². The first-order chi connectivity index (χ1) is 12.4. The molecule has 0 saturated heterocycles. The van der Waals surface area contributed by atoms with Gasteiger partial charge in [-0.1, -0.05) is 23.4 Å². The van der Waals surface area contributed by atoms with E-state index in [4.69, 9.17) is 17.4 Å². The average molecular weight is 393 g/mol. The molecule has 0 aliphatic heterocycles. The van der Waals surface area contributed by atoms with Gasteiger partial charge in [0.1, 0.15) is 0 Å². The molecular formula is C15H17ClN8OS. The summed E-state index contributed by atoms with van der Waals surface area (Å²) >= 11 is 7.14. The van der Waals surface area contributed by atoms with Crippen LogP contribution in [0, 0.1) is 13.8 Å². The van der Waals surface area contributed by atoms with Gasteiger partial charge in [0.2, 0.25) is 11.1 Å². The number of halogens is 1. The number of carbonyl (C=O) groups is 1. The molecule has 0 fully saturated rings. The zero-order valence-electron chi connectivity index (χ0n) is 14.3. The van der Waals surface area contributed by atoms with Crippen LogP contribution in [0.1, 0.15) is 18.3 Å². The molecule has 26 heavy (non-hydrogen) atoms. The Morgan fingerprint density at radius 3 is 2.81 bits per heavy atom. The van der Waals surface area contributed by atoms with E-state index in [1.54, 1.807) is 29.9 Å². The van der Waals surface area contributed by atoms with Crippen molar-refractivity contribution in [2.24, 2.45) is 0 Å². The molecule has 3 N–H and O–H groups in total. The summed E-state index contributed by atoms with van der Waals surface area (Å²) in [6, 6.07) is 5.28. The van der Waals surface area contributed by atoms with E-state index in [1.807, 2.05) is 19.9 Å². The number of amides is 1. The molecule has 0 unspecified atom stereocenters. The highest BCUT2D eigenvalue weighted by Gasteiger charge is 2.21. The summed E-state index contributed by atoms with van der Waals surface area (Å²) in [5.41, 5.74) is 2.18. The van der Waals surface area contributed by atoms with Crippen LogP contribution in [0.5, 0.6) is 0 Å². The molecule has 0 aliphatic carbocycles. The number of nitrogens with zero attached hydrogens (tertiary/aromatic N) is 6. The highest BCUT2D eigenvalue weighted by atomic mass is 35.5. The van der Waals surface area contributed by atoms with E-state index in [2.05, 4.69) is 25.6 Å². The number of aromatic nitrogens is 6. The van der Waals surface area contributed by atoms with Crippen molar-refractivity contribution in [3.05, 3.63) is 40.9 Å². The van der Waals surface area contributed by atoms with E-state index in [-0.39, 0.29) is 11.1 Å². The quantitative estimate of drug-likeness (QED) is 0.387. The Morgan fingerprint density at radius 1 is 1.38 bits per heavy atom. The summed E-state index contributed by atoms with van der Waals surface area (Å²) in [7, 11) is 0. The Hall–Kier alpha value is -2.59. The van der Waals surface area contributed by atoms with E-state index in [0.717, 1.165) is 11.4 Å². The Morgan fingerprint density at radius 2 is 2.15 bits per heavy atom. The fourth-order valence-corrected chi connectivity index (χ4v) is 3.18. The number of rotatable bonds is 5. The Kier molecular flexibility index (Phi) is 5.14. The number of nitrogens with one attached hydrogen (secondary N) is 1. The van der Waals surface area contributed by atoms with Crippen molar-refractivity contribution in [2.45, 2.75) is 31.2 Å². The van der Waals surface area contributed by atoms with Gasteiger partial charge in [-0.05, 0) is 39.0 Å². The van der Waals surface area contributed by atoms with E-state index in [9.17, 15) is 4.79 Å². The van der Waals surface area contributed by atoms with Gasteiger partial charge in [-0.15, -0.1) is 10.2 Å². The van der Waals surface area contributed by atoms with Gasteiger partial charge >= 0.3 is 0 Å². The summed E-state index contributed by atoms with van der Waals surface area (Å²) in [5.74, 6) is 6.21. The van der Waals surface area contributed by atoms with Gasteiger partial charge < -0.3 is 11.2 Å². The average Bonchev–Trinajstić information content (AvgIpc) is 3.11. The fraction of sp³-hybridized carbons (Fsp3) is 0.267. The number of pyridine rings is 1. The molecule has 3 rings (SSSR count). The molecule has 1 atom stereocenters. The van der Waals surface area contributed by atoms with Crippen LogP contribution in [0.2, 0.25) is 5.15 Å². The second-order valence-electron chi connectivity index (χ2n) is 5.58. The number of nitrogens with two attached hydrogens (primary N) is 1. The molecule has 0 aromatic carbocycles. The van der Waals surface area contributed by atoms with E-state index in [1.165, 1.54) is 16.4 Å². The number of hydrogen-bond donors (Lipinski definition) is 2. The van der Waals surface area contributed by atoms with Crippen molar-refractivity contribution in [1.82, 2.24) is 29.6 Å². The molecule has 9 nitrogen and oxygen atoms in total. The van der Waals surface area contributed by atoms with Crippen LogP contribution >= 0.6 is 23.4 Å². The zero-order valence-corrected chi connectivity index (χ0v) is 15.9. The number of aryl methyl sites for hydroxylation is 2. The lowest BCUT2D eigenvalue weighted by molar-refractivity contribution is -0.115. The number of nitrogen functional groups attached to an aromatic ring is 1. The molecule has 0 radical (unpaired) electrons. The summed E-state index contributed by atoms with van der Waals surface area (Å²) < 4.78 is 2.91. The first-order valence-corrected chi connectivity index (χ1v) is 8.94. The minimum atomic E-state index is -0.480. The third-order valence-corrected chi connectivity index (χ3v) is 4.87. The Labute approximate surface area is 158 Å². The molecule has 3 aromatic heterocycles. The molecule has 1 amide bonds. The lowest BCUT2D eigenvalue weighted by Gasteiger charge is -2.12. The topological polar surface area (TPSA) is 117 Å². The van der Waals surface area contributed by atoms with Crippen LogP contribution in [0.3, 0.4) is 0 Å². The molecule has 11 heteroatoms. The molecule has 0 aliphatic rings. The van der Waals surface area contributed by atoms with Crippen LogP contribution in [0.4, 0.5) is 5.69 Å². The monoisotopic (exact) mass is 392 g/mol. The standard InChI is InChI=1S/C15H17ClN8OS/c1-8-7-9(2)24(22-8)14-20-21-15(23(14)17)26-10(3)13(25)19-11-5-4-6-18-12(11)16/h4-7,10H,17H2,1-3H3,(H,19,25)/t10-/m0/s1. The van der Waals surface area contributed by atoms with Gasteiger partial charge in [0.25, 0.3) is 5.95 Å². The molecule has 3 aromatic rings. The first kappa shape index (κ1) is 18.2. The highest BCUT2D eigenvalue weighted by molar-refractivity contribution is 8.00. The maximum Gasteiger partial charge on any atom is 0.271 e. The van der Waals surface area contributed by atoms with Gasteiger partial charge in [-0.2, -0.15) is 5.10 Å². The number of thioether (sulfide) groups is 1. The van der Waals surface area contributed by atoms with E-state index < -0.39 is 5.25 Å². The molecule has 136 valence electrons. The SMILES string of the molecule is Cc1cc(C)n(-c2nnc(S[C@@H](C)C(=O)Nc3cccnc3Cl)n2N)n1.